The first kappa shape index (κ1) is 12.9. The van der Waals surface area contributed by atoms with Crippen LogP contribution in [0.25, 0.3) is 0 Å². The quantitative estimate of drug-likeness (QED) is 0.735. The first-order valence-corrected chi connectivity index (χ1v) is 6.34. The van der Waals surface area contributed by atoms with E-state index in [9.17, 15) is 0 Å². The van der Waals surface area contributed by atoms with Gasteiger partial charge >= 0.3 is 0 Å². The van der Waals surface area contributed by atoms with Crippen LogP contribution in [0, 0.1) is 6.92 Å². The largest absolute Gasteiger partial charge is 0.468 e. The summed E-state index contributed by atoms with van der Waals surface area (Å²) in [6.45, 7) is 5.71. The molecule has 0 aliphatic heterocycles. The molecule has 0 spiro atoms. The van der Waals surface area contributed by atoms with Crippen LogP contribution in [0.4, 0.5) is 0 Å². The maximum absolute atomic E-state index is 5.24. The van der Waals surface area contributed by atoms with Crippen LogP contribution in [0.15, 0.2) is 47.1 Å². The van der Waals surface area contributed by atoms with Crippen molar-refractivity contribution >= 4 is 0 Å². The fraction of sp³-hybridized carbons (Fsp3) is 0.333. The summed E-state index contributed by atoms with van der Waals surface area (Å²) < 4.78 is 5.24. The Morgan fingerprint density at radius 1 is 0.944 bits per heavy atom. The molecule has 0 fully saturated rings. The smallest absolute Gasteiger partial charge is 0.117 e. The molecule has 0 bridgehead atoms. The minimum atomic E-state index is 0.791. The van der Waals surface area contributed by atoms with Gasteiger partial charge in [-0.05, 0) is 24.6 Å². The van der Waals surface area contributed by atoms with E-state index >= 15 is 0 Å². The lowest BCUT2D eigenvalue weighted by atomic mass is 10.1. The minimum absolute atomic E-state index is 0.791. The van der Waals surface area contributed by atoms with E-state index in [4.69, 9.17) is 4.42 Å². The molecule has 1 heterocycles. The Bertz CT molecular complexity index is 434. The third-order valence-electron chi connectivity index (χ3n) is 2.81. The number of hydrogen-bond acceptors (Lipinski definition) is 3. The normalized spacial score (nSPS) is 10.7. The van der Waals surface area contributed by atoms with Crippen molar-refractivity contribution in [3.05, 3.63) is 59.5 Å². The molecule has 2 N–H and O–H groups in total. The Balaban J connectivity index is 1.55. The standard InChI is InChI=1S/C15H20N2O/c1-13-4-6-14(7-5-13)11-16-8-9-17-12-15-3-2-10-18-15/h2-7,10,16-17H,8-9,11-12H2,1H3. The minimum Gasteiger partial charge on any atom is -0.468 e. The van der Waals surface area contributed by atoms with Crippen LogP contribution in [-0.4, -0.2) is 13.1 Å². The Labute approximate surface area is 108 Å². The fourth-order valence-electron chi connectivity index (χ4n) is 1.74. The first-order valence-electron chi connectivity index (χ1n) is 6.34. The summed E-state index contributed by atoms with van der Waals surface area (Å²) >= 11 is 0. The van der Waals surface area contributed by atoms with E-state index in [2.05, 4.69) is 41.8 Å². The van der Waals surface area contributed by atoms with Gasteiger partial charge in [0.1, 0.15) is 5.76 Å². The second-order valence-electron chi connectivity index (χ2n) is 4.42. The topological polar surface area (TPSA) is 37.2 Å². The number of rotatable bonds is 7. The molecule has 0 unspecified atom stereocenters. The van der Waals surface area contributed by atoms with Crippen molar-refractivity contribution in [3.8, 4) is 0 Å². The van der Waals surface area contributed by atoms with Gasteiger partial charge in [-0.1, -0.05) is 29.8 Å². The van der Waals surface area contributed by atoms with E-state index in [1.165, 1.54) is 11.1 Å². The molecule has 2 rings (SSSR count). The SMILES string of the molecule is Cc1ccc(CNCCNCc2ccco2)cc1. The van der Waals surface area contributed by atoms with Crippen molar-refractivity contribution in [1.29, 1.82) is 0 Å². The molecular weight excluding hydrogens is 224 g/mol. The van der Waals surface area contributed by atoms with E-state index in [0.29, 0.717) is 0 Å². The van der Waals surface area contributed by atoms with Crippen LogP contribution in [-0.2, 0) is 13.1 Å². The Morgan fingerprint density at radius 2 is 1.67 bits per heavy atom. The highest BCUT2D eigenvalue weighted by atomic mass is 16.3. The van der Waals surface area contributed by atoms with E-state index < -0.39 is 0 Å². The summed E-state index contributed by atoms with van der Waals surface area (Å²) in [4.78, 5) is 0. The molecule has 1 aromatic carbocycles. The zero-order chi connectivity index (χ0) is 12.6. The first-order chi connectivity index (χ1) is 8.84. The molecule has 0 saturated carbocycles. The second-order valence-corrected chi connectivity index (χ2v) is 4.42. The average Bonchev–Trinajstić information content (AvgIpc) is 2.89. The maximum Gasteiger partial charge on any atom is 0.117 e. The van der Waals surface area contributed by atoms with Crippen molar-refractivity contribution in [3.63, 3.8) is 0 Å². The molecule has 0 amide bonds. The van der Waals surface area contributed by atoms with Crippen LogP contribution >= 0.6 is 0 Å². The van der Waals surface area contributed by atoms with Gasteiger partial charge in [0.15, 0.2) is 0 Å². The highest BCUT2D eigenvalue weighted by Crippen LogP contribution is 2.02. The predicted molar refractivity (Wildman–Crippen MR) is 73.3 cm³/mol. The van der Waals surface area contributed by atoms with Gasteiger partial charge in [0.25, 0.3) is 0 Å². The maximum atomic E-state index is 5.24. The molecule has 96 valence electrons. The molecule has 0 atom stereocenters. The Kier molecular flexibility index (Phi) is 5.00. The lowest BCUT2D eigenvalue weighted by Gasteiger charge is -2.06. The molecule has 0 radical (unpaired) electrons. The van der Waals surface area contributed by atoms with Crippen molar-refractivity contribution in [2.24, 2.45) is 0 Å². The molecular formula is C15H20N2O. The summed E-state index contributed by atoms with van der Waals surface area (Å²) in [6.07, 6.45) is 1.70. The number of hydrogen-bond donors (Lipinski definition) is 2. The summed E-state index contributed by atoms with van der Waals surface area (Å²) in [7, 11) is 0. The molecule has 0 saturated heterocycles. The van der Waals surface area contributed by atoms with E-state index in [-0.39, 0.29) is 0 Å². The molecule has 3 nitrogen and oxygen atoms in total. The average molecular weight is 244 g/mol. The summed E-state index contributed by atoms with van der Waals surface area (Å²) in [5.74, 6) is 0.980. The summed E-state index contributed by atoms with van der Waals surface area (Å²) in [6, 6.07) is 12.5. The molecule has 18 heavy (non-hydrogen) atoms. The van der Waals surface area contributed by atoms with Crippen LogP contribution in [0.3, 0.4) is 0 Å². The zero-order valence-electron chi connectivity index (χ0n) is 10.8. The van der Waals surface area contributed by atoms with Crippen LogP contribution in [0.5, 0.6) is 0 Å². The highest BCUT2D eigenvalue weighted by molar-refractivity contribution is 5.21. The van der Waals surface area contributed by atoms with E-state index in [1.54, 1.807) is 6.26 Å². The van der Waals surface area contributed by atoms with Gasteiger partial charge in [-0.25, -0.2) is 0 Å². The molecule has 2 aromatic rings. The molecule has 0 aliphatic carbocycles. The van der Waals surface area contributed by atoms with Gasteiger partial charge in [-0.2, -0.15) is 0 Å². The van der Waals surface area contributed by atoms with Gasteiger partial charge in [0, 0.05) is 19.6 Å². The second kappa shape index (κ2) is 6.99. The molecule has 0 aliphatic rings. The Hall–Kier alpha value is -1.58. The van der Waals surface area contributed by atoms with Gasteiger partial charge in [-0.3, -0.25) is 0 Å². The zero-order valence-corrected chi connectivity index (χ0v) is 10.8. The van der Waals surface area contributed by atoms with Crippen molar-refractivity contribution < 1.29 is 4.42 Å². The number of benzene rings is 1. The summed E-state index contributed by atoms with van der Waals surface area (Å²) in [5, 5.41) is 6.74. The van der Waals surface area contributed by atoms with Crippen molar-refractivity contribution in [2.45, 2.75) is 20.0 Å². The van der Waals surface area contributed by atoms with Crippen molar-refractivity contribution in [2.75, 3.05) is 13.1 Å². The molecule has 3 heteroatoms. The molecule has 1 aromatic heterocycles. The van der Waals surface area contributed by atoms with Gasteiger partial charge in [-0.15, -0.1) is 0 Å². The Morgan fingerprint density at radius 3 is 2.33 bits per heavy atom. The predicted octanol–water partition coefficient (Wildman–Crippen LogP) is 2.47. The monoisotopic (exact) mass is 244 g/mol. The summed E-state index contributed by atoms with van der Waals surface area (Å²) in [5.41, 5.74) is 2.63. The third-order valence-corrected chi connectivity index (χ3v) is 2.81. The fourth-order valence-corrected chi connectivity index (χ4v) is 1.74. The number of furan rings is 1. The van der Waals surface area contributed by atoms with Crippen LogP contribution < -0.4 is 10.6 Å². The van der Waals surface area contributed by atoms with E-state index in [0.717, 1.165) is 31.9 Å². The van der Waals surface area contributed by atoms with Crippen LogP contribution in [0.2, 0.25) is 0 Å². The van der Waals surface area contributed by atoms with Crippen molar-refractivity contribution in [1.82, 2.24) is 10.6 Å². The van der Waals surface area contributed by atoms with Gasteiger partial charge in [0.05, 0.1) is 12.8 Å². The van der Waals surface area contributed by atoms with E-state index in [1.807, 2.05) is 12.1 Å². The highest BCUT2D eigenvalue weighted by Gasteiger charge is 1.95. The van der Waals surface area contributed by atoms with Gasteiger partial charge < -0.3 is 15.1 Å². The third kappa shape index (κ3) is 4.35. The lowest BCUT2D eigenvalue weighted by Crippen LogP contribution is -2.26. The van der Waals surface area contributed by atoms with Gasteiger partial charge in [0.2, 0.25) is 0 Å². The number of aryl methyl sites for hydroxylation is 1. The lowest BCUT2D eigenvalue weighted by molar-refractivity contribution is 0.480. The van der Waals surface area contributed by atoms with Crippen LogP contribution in [0.1, 0.15) is 16.9 Å². The number of nitrogens with one attached hydrogen (secondary N) is 2.